The zero-order valence-corrected chi connectivity index (χ0v) is 13.8. The van der Waals surface area contributed by atoms with Crippen LogP contribution in [0.1, 0.15) is 32.3 Å². The quantitative estimate of drug-likeness (QED) is 0.759. The summed E-state index contributed by atoms with van der Waals surface area (Å²) in [5, 5.41) is 12.6. The zero-order chi connectivity index (χ0) is 15.2. The second-order valence-corrected chi connectivity index (χ2v) is 5.71. The van der Waals surface area contributed by atoms with Crippen molar-refractivity contribution in [3.05, 3.63) is 28.2 Å². The molecule has 0 saturated carbocycles. The van der Waals surface area contributed by atoms with E-state index in [4.69, 9.17) is 4.74 Å². The highest BCUT2D eigenvalue weighted by molar-refractivity contribution is 9.10. The van der Waals surface area contributed by atoms with Crippen LogP contribution in [0, 0.1) is 5.41 Å². The molecule has 0 aliphatic heterocycles. The van der Waals surface area contributed by atoms with Gasteiger partial charge in [0.05, 0.1) is 12.5 Å². The van der Waals surface area contributed by atoms with Gasteiger partial charge in [-0.15, -0.1) is 0 Å². The number of hydrogen-bond acceptors (Lipinski definition) is 3. The van der Waals surface area contributed by atoms with E-state index in [0.29, 0.717) is 25.9 Å². The highest BCUT2D eigenvalue weighted by Gasteiger charge is 2.34. The molecule has 0 aromatic heterocycles. The molecule has 0 saturated heterocycles. The summed E-state index contributed by atoms with van der Waals surface area (Å²) < 4.78 is 6.18. The molecule has 1 aromatic rings. The minimum absolute atomic E-state index is 0.457. The second kappa shape index (κ2) is 7.64. The van der Waals surface area contributed by atoms with Gasteiger partial charge in [-0.2, -0.15) is 0 Å². The van der Waals surface area contributed by atoms with E-state index in [-0.39, 0.29) is 0 Å². The van der Waals surface area contributed by atoms with Crippen molar-refractivity contribution in [2.24, 2.45) is 5.41 Å². The van der Waals surface area contributed by atoms with Gasteiger partial charge in [0.2, 0.25) is 0 Å². The molecular weight excluding hydrogens is 322 g/mol. The third-order valence-corrected chi connectivity index (χ3v) is 4.61. The van der Waals surface area contributed by atoms with Crippen LogP contribution in [-0.2, 0) is 11.3 Å². The maximum Gasteiger partial charge on any atom is 0.310 e. The van der Waals surface area contributed by atoms with E-state index in [0.717, 1.165) is 15.8 Å². The minimum Gasteiger partial charge on any atom is -0.497 e. The van der Waals surface area contributed by atoms with Gasteiger partial charge >= 0.3 is 5.97 Å². The van der Waals surface area contributed by atoms with E-state index in [1.54, 1.807) is 7.11 Å². The lowest BCUT2D eigenvalue weighted by Gasteiger charge is -2.27. The summed E-state index contributed by atoms with van der Waals surface area (Å²) in [4.78, 5) is 11.4. The molecule has 0 unspecified atom stereocenters. The number of ether oxygens (including phenoxy) is 1. The monoisotopic (exact) mass is 343 g/mol. The van der Waals surface area contributed by atoms with Gasteiger partial charge in [0.1, 0.15) is 5.75 Å². The van der Waals surface area contributed by atoms with Crippen molar-refractivity contribution in [2.75, 3.05) is 13.7 Å². The molecule has 2 N–H and O–H groups in total. The van der Waals surface area contributed by atoms with Crippen molar-refractivity contribution in [3.8, 4) is 5.75 Å². The maximum absolute atomic E-state index is 11.4. The number of benzene rings is 1. The first-order valence-electron chi connectivity index (χ1n) is 6.75. The van der Waals surface area contributed by atoms with Gasteiger partial charge in [0, 0.05) is 17.6 Å². The average molecular weight is 344 g/mol. The summed E-state index contributed by atoms with van der Waals surface area (Å²) in [5.41, 5.74) is 0.363. The van der Waals surface area contributed by atoms with Crippen LogP contribution in [0.4, 0.5) is 0 Å². The first-order chi connectivity index (χ1) is 9.49. The van der Waals surface area contributed by atoms with Crippen LogP contribution < -0.4 is 10.1 Å². The van der Waals surface area contributed by atoms with Crippen molar-refractivity contribution in [3.63, 3.8) is 0 Å². The molecule has 0 fully saturated rings. The lowest BCUT2D eigenvalue weighted by molar-refractivity contribution is -0.149. The summed E-state index contributed by atoms with van der Waals surface area (Å²) in [6.45, 7) is 4.90. The van der Waals surface area contributed by atoms with Gasteiger partial charge in [-0.25, -0.2) is 0 Å². The van der Waals surface area contributed by atoms with Gasteiger partial charge in [0.15, 0.2) is 0 Å². The Bertz CT molecular complexity index is 458. The van der Waals surface area contributed by atoms with Crippen molar-refractivity contribution in [1.29, 1.82) is 0 Å². The smallest absolute Gasteiger partial charge is 0.310 e. The van der Waals surface area contributed by atoms with Crippen molar-refractivity contribution in [1.82, 2.24) is 5.32 Å². The number of carboxylic acid groups (broad SMARTS) is 1. The molecule has 1 aromatic carbocycles. The molecule has 0 aliphatic rings. The zero-order valence-electron chi connectivity index (χ0n) is 12.2. The molecule has 0 heterocycles. The summed E-state index contributed by atoms with van der Waals surface area (Å²) in [7, 11) is 1.63. The molecule has 1 rings (SSSR count). The average Bonchev–Trinajstić information content (AvgIpc) is 2.45. The van der Waals surface area contributed by atoms with Crippen LogP contribution in [0.15, 0.2) is 22.7 Å². The van der Waals surface area contributed by atoms with Crippen LogP contribution in [-0.4, -0.2) is 24.7 Å². The van der Waals surface area contributed by atoms with Gasteiger partial charge in [-0.05, 0) is 36.6 Å². The standard InChI is InChI=1S/C15H22BrNO3/c1-4-15(5-2,14(18)19)10-17-9-11-8-12(20-3)6-7-13(11)16/h6-8,17H,4-5,9-10H2,1-3H3,(H,18,19). The van der Waals surface area contributed by atoms with Crippen molar-refractivity contribution >= 4 is 21.9 Å². The van der Waals surface area contributed by atoms with E-state index in [9.17, 15) is 9.90 Å². The Morgan fingerprint density at radius 3 is 2.55 bits per heavy atom. The van der Waals surface area contributed by atoms with Crippen molar-refractivity contribution in [2.45, 2.75) is 33.2 Å². The molecule has 0 aliphatic carbocycles. The van der Waals surface area contributed by atoms with Crippen molar-refractivity contribution < 1.29 is 14.6 Å². The minimum atomic E-state index is -0.736. The van der Waals surface area contributed by atoms with Gasteiger partial charge < -0.3 is 15.2 Å². The summed E-state index contributed by atoms with van der Waals surface area (Å²) in [6.07, 6.45) is 1.23. The fourth-order valence-electron chi connectivity index (χ4n) is 2.13. The Labute approximate surface area is 128 Å². The largest absolute Gasteiger partial charge is 0.497 e. The number of methoxy groups -OCH3 is 1. The van der Waals surface area contributed by atoms with Gasteiger partial charge in [-0.3, -0.25) is 4.79 Å². The number of aliphatic carboxylic acids is 1. The molecule has 112 valence electrons. The highest BCUT2D eigenvalue weighted by Crippen LogP contribution is 2.27. The number of carbonyl (C=O) groups is 1. The van der Waals surface area contributed by atoms with Crippen LogP contribution >= 0.6 is 15.9 Å². The number of nitrogens with one attached hydrogen (secondary N) is 1. The lowest BCUT2D eigenvalue weighted by atomic mass is 9.82. The van der Waals surface area contributed by atoms with Gasteiger partial charge in [0.25, 0.3) is 0 Å². The fourth-order valence-corrected chi connectivity index (χ4v) is 2.51. The first-order valence-corrected chi connectivity index (χ1v) is 7.55. The molecule has 0 atom stereocenters. The number of hydrogen-bond donors (Lipinski definition) is 2. The summed E-state index contributed by atoms with van der Waals surface area (Å²) in [6, 6.07) is 5.75. The Morgan fingerprint density at radius 1 is 1.40 bits per heavy atom. The molecular formula is C15H22BrNO3. The lowest BCUT2D eigenvalue weighted by Crippen LogP contribution is -2.40. The molecule has 0 bridgehead atoms. The number of rotatable bonds is 8. The Balaban J connectivity index is 2.70. The van der Waals surface area contributed by atoms with E-state index in [1.165, 1.54) is 0 Å². The molecule has 0 amide bonds. The third-order valence-electron chi connectivity index (χ3n) is 3.84. The predicted octanol–water partition coefficient (Wildman–Crippen LogP) is 3.44. The Kier molecular flexibility index (Phi) is 6.49. The van der Waals surface area contributed by atoms with Crippen LogP contribution in [0.5, 0.6) is 5.75 Å². The molecule has 5 heteroatoms. The normalized spacial score (nSPS) is 11.4. The number of carboxylic acids is 1. The highest BCUT2D eigenvalue weighted by atomic mass is 79.9. The van der Waals surface area contributed by atoms with Crippen LogP contribution in [0.25, 0.3) is 0 Å². The summed E-state index contributed by atoms with van der Waals surface area (Å²) in [5.74, 6) is 0.0557. The van der Waals surface area contributed by atoms with Gasteiger partial charge in [-0.1, -0.05) is 29.8 Å². The van der Waals surface area contributed by atoms with Crippen LogP contribution in [0.2, 0.25) is 0 Å². The molecule has 4 nitrogen and oxygen atoms in total. The topological polar surface area (TPSA) is 58.6 Å². The van der Waals surface area contributed by atoms with E-state index in [1.807, 2.05) is 32.0 Å². The molecule has 0 spiro atoms. The Morgan fingerprint density at radius 2 is 2.05 bits per heavy atom. The van der Waals surface area contributed by atoms with E-state index in [2.05, 4.69) is 21.2 Å². The summed E-state index contributed by atoms with van der Waals surface area (Å²) >= 11 is 3.49. The second-order valence-electron chi connectivity index (χ2n) is 4.85. The SMILES string of the molecule is CCC(CC)(CNCc1cc(OC)ccc1Br)C(=O)O. The predicted molar refractivity (Wildman–Crippen MR) is 83.1 cm³/mol. The van der Waals surface area contributed by atoms with E-state index < -0.39 is 11.4 Å². The molecule has 0 radical (unpaired) electrons. The number of halogens is 1. The fraction of sp³-hybridized carbons (Fsp3) is 0.533. The van der Waals surface area contributed by atoms with E-state index >= 15 is 0 Å². The van der Waals surface area contributed by atoms with Crippen LogP contribution in [0.3, 0.4) is 0 Å². The first kappa shape index (κ1) is 17.0. The Hall–Kier alpha value is -1.07. The third kappa shape index (κ3) is 3.96. The maximum atomic E-state index is 11.4. The molecule has 20 heavy (non-hydrogen) atoms.